The Hall–Kier alpha value is -3.20. The molecule has 4 rings (SSSR count). The van der Waals surface area contributed by atoms with Crippen molar-refractivity contribution in [2.24, 2.45) is 0 Å². The molecule has 5 nitrogen and oxygen atoms in total. The molecule has 3 aromatic carbocycles. The van der Waals surface area contributed by atoms with Gasteiger partial charge in [0.15, 0.2) is 0 Å². The molecule has 1 saturated heterocycles. The second kappa shape index (κ2) is 9.52. The molecule has 0 aromatic heterocycles. The summed E-state index contributed by atoms with van der Waals surface area (Å²) in [4.78, 5) is 17.0. The number of likely N-dealkylation sites (tertiary alicyclic amines) is 1. The summed E-state index contributed by atoms with van der Waals surface area (Å²) in [6, 6.07) is 21.5. The van der Waals surface area contributed by atoms with Gasteiger partial charge in [-0.2, -0.15) is 5.26 Å². The van der Waals surface area contributed by atoms with Crippen LogP contribution in [-0.4, -0.2) is 35.0 Å². The van der Waals surface area contributed by atoms with E-state index in [0.717, 1.165) is 17.7 Å². The van der Waals surface area contributed by atoms with Gasteiger partial charge in [-0.25, -0.2) is 0 Å². The van der Waals surface area contributed by atoms with Crippen LogP contribution in [0.15, 0.2) is 66.7 Å². The maximum absolute atomic E-state index is 13.0. The first-order chi connectivity index (χ1) is 15.5. The first kappa shape index (κ1) is 22.0. The van der Waals surface area contributed by atoms with Gasteiger partial charge in [-0.1, -0.05) is 41.4 Å². The zero-order chi connectivity index (χ0) is 22.7. The monoisotopic (exact) mass is 465 g/mol. The van der Waals surface area contributed by atoms with Crippen molar-refractivity contribution in [3.8, 4) is 11.8 Å². The van der Waals surface area contributed by atoms with Crippen LogP contribution in [0.3, 0.4) is 0 Å². The molecule has 32 heavy (non-hydrogen) atoms. The Bertz CT molecular complexity index is 1170. The van der Waals surface area contributed by atoms with Crippen LogP contribution in [0.25, 0.3) is 0 Å². The number of hydrogen-bond donors (Lipinski definition) is 1. The van der Waals surface area contributed by atoms with E-state index in [-0.39, 0.29) is 17.7 Å². The fourth-order valence-electron chi connectivity index (χ4n) is 3.98. The number of hydrogen-bond acceptors (Lipinski definition) is 4. The fourth-order valence-corrected chi connectivity index (χ4v) is 4.39. The predicted octanol–water partition coefficient (Wildman–Crippen LogP) is 5.49. The molecule has 0 aliphatic carbocycles. The summed E-state index contributed by atoms with van der Waals surface area (Å²) in [5.74, 6) is 0.0625. The van der Waals surface area contributed by atoms with Gasteiger partial charge in [0.2, 0.25) is 0 Å². The van der Waals surface area contributed by atoms with E-state index in [1.54, 1.807) is 24.3 Å². The molecule has 1 amide bonds. The van der Waals surface area contributed by atoms with E-state index in [4.69, 9.17) is 23.2 Å². The maximum atomic E-state index is 13.0. The molecule has 0 radical (unpaired) electrons. The Morgan fingerprint density at radius 1 is 1.09 bits per heavy atom. The SMILES string of the molecule is N#Cc1ccc(N(Cc2ccccc2Cl)[C@H]2CCN(C(=O)c3ccc(O)cc3)C2)cc1Cl. The van der Waals surface area contributed by atoms with Crippen molar-refractivity contribution in [2.45, 2.75) is 19.0 Å². The van der Waals surface area contributed by atoms with Crippen molar-refractivity contribution in [1.82, 2.24) is 4.90 Å². The highest BCUT2D eigenvalue weighted by molar-refractivity contribution is 6.32. The molecule has 1 aliphatic heterocycles. The molecule has 1 N–H and O–H groups in total. The van der Waals surface area contributed by atoms with Crippen LogP contribution < -0.4 is 4.90 Å². The van der Waals surface area contributed by atoms with Crippen LogP contribution >= 0.6 is 23.2 Å². The molecule has 1 heterocycles. The Balaban J connectivity index is 1.61. The van der Waals surface area contributed by atoms with E-state index in [1.807, 2.05) is 35.2 Å². The smallest absolute Gasteiger partial charge is 0.253 e. The predicted molar refractivity (Wildman–Crippen MR) is 126 cm³/mol. The van der Waals surface area contributed by atoms with E-state index in [9.17, 15) is 15.2 Å². The molecule has 0 unspecified atom stereocenters. The fraction of sp³-hybridized carbons (Fsp3) is 0.200. The van der Waals surface area contributed by atoms with Crippen molar-refractivity contribution in [2.75, 3.05) is 18.0 Å². The number of carbonyl (C=O) groups is 1. The summed E-state index contributed by atoms with van der Waals surface area (Å²) >= 11 is 12.8. The second-order valence-corrected chi connectivity index (χ2v) is 8.55. The molecule has 1 atom stereocenters. The molecule has 0 spiro atoms. The van der Waals surface area contributed by atoms with Gasteiger partial charge >= 0.3 is 0 Å². The van der Waals surface area contributed by atoms with Gasteiger partial charge in [0, 0.05) is 41.9 Å². The van der Waals surface area contributed by atoms with Gasteiger partial charge in [-0.15, -0.1) is 0 Å². The third kappa shape index (κ3) is 4.67. The summed E-state index contributed by atoms with van der Waals surface area (Å²) in [7, 11) is 0. The van der Waals surface area contributed by atoms with Crippen LogP contribution in [0.5, 0.6) is 5.75 Å². The lowest BCUT2D eigenvalue weighted by molar-refractivity contribution is 0.0790. The van der Waals surface area contributed by atoms with Crippen molar-refractivity contribution >= 4 is 34.8 Å². The van der Waals surface area contributed by atoms with Gasteiger partial charge in [-0.3, -0.25) is 4.79 Å². The average Bonchev–Trinajstić information content (AvgIpc) is 3.28. The zero-order valence-corrected chi connectivity index (χ0v) is 18.7. The minimum atomic E-state index is -0.0666. The average molecular weight is 466 g/mol. The molecule has 3 aromatic rings. The minimum absolute atomic E-state index is 0.0522. The molecule has 0 bridgehead atoms. The lowest BCUT2D eigenvalue weighted by atomic mass is 10.1. The van der Waals surface area contributed by atoms with Crippen LogP contribution in [0.2, 0.25) is 10.0 Å². The molecular formula is C25H21Cl2N3O2. The summed E-state index contributed by atoms with van der Waals surface area (Å²) < 4.78 is 0. The lowest BCUT2D eigenvalue weighted by Crippen LogP contribution is -2.38. The van der Waals surface area contributed by atoms with Crippen LogP contribution in [0, 0.1) is 11.3 Å². The van der Waals surface area contributed by atoms with Gasteiger partial charge in [0.05, 0.1) is 10.6 Å². The Morgan fingerprint density at radius 2 is 1.84 bits per heavy atom. The number of anilines is 1. The highest BCUT2D eigenvalue weighted by atomic mass is 35.5. The third-order valence-electron chi connectivity index (χ3n) is 5.71. The van der Waals surface area contributed by atoms with Crippen LogP contribution in [0.4, 0.5) is 5.69 Å². The van der Waals surface area contributed by atoms with E-state index in [1.165, 1.54) is 12.1 Å². The summed E-state index contributed by atoms with van der Waals surface area (Å²) in [6.07, 6.45) is 0.784. The largest absolute Gasteiger partial charge is 0.508 e. The number of carbonyl (C=O) groups excluding carboxylic acids is 1. The zero-order valence-electron chi connectivity index (χ0n) is 17.2. The maximum Gasteiger partial charge on any atom is 0.253 e. The number of halogens is 2. The first-order valence-corrected chi connectivity index (χ1v) is 11.0. The first-order valence-electron chi connectivity index (χ1n) is 10.2. The summed E-state index contributed by atoms with van der Waals surface area (Å²) in [6.45, 7) is 1.71. The van der Waals surface area contributed by atoms with E-state index in [0.29, 0.717) is 40.8 Å². The lowest BCUT2D eigenvalue weighted by Gasteiger charge is -2.32. The standard InChI is InChI=1S/C25H21Cl2N3O2/c26-23-4-2-1-3-19(23)15-30(20-8-5-18(14-28)24(27)13-20)21-11-12-29(16-21)25(32)17-6-9-22(31)10-7-17/h1-10,13,21,31H,11-12,15-16H2/t21-/m0/s1. The quantitative estimate of drug-likeness (QED) is 0.540. The van der Waals surface area contributed by atoms with Crippen LogP contribution in [0.1, 0.15) is 27.9 Å². The summed E-state index contributed by atoms with van der Waals surface area (Å²) in [5.41, 5.74) is 2.81. The highest BCUT2D eigenvalue weighted by Gasteiger charge is 2.31. The highest BCUT2D eigenvalue weighted by Crippen LogP contribution is 2.31. The number of benzene rings is 3. The molecule has 162 valence electrons. The molecule has 7 heteroatoms. The van der Waals surface area contributed by atoms with Crippen molar-refractivity contribution in [1.29, 1.82) is 5.26 Å². The van der Waals surface area contributed by atoms with Gasteiger partial charge < -0.3 is 14.9 Å². The van der Waals surface area contributed by atoms with E-state index < -0.39 is 0 Å². The normalized spacial score (nSPS) is 15.4. The molecule has 1 aliphatic rings. The Labute approximate surface area is 197 Å². The van der Waals surface area contributed by atoms with Crippen LogP contribution in [-0.2, 0) is 6.54 Å². The number of amides is 1. The second-order valence-electron chi connectivity index (χ2n) is 7.74. The number of aromatic hydroxyl groups is 1. The van der Waals surface area contributed by atoms with Gasteiger partial charge in [0.25, 0.3) is 5.91 Å². The number of phenols is 1. The van der Waals surface area contributed by atoms with Gasteiger partial charge in [-0.05, 0) is 60.5 Å². The minimum Gasteiger partial charge on any atom is -0.508 e. The topological polar surface area (TPSA) is 67.6 Å². The number of phenolic OH excluding ortho intramolecular Hbond substituents is 1. The third-order valence-corrected chi connectivity index (χ3v) is 6.39. The Kier molecular flexibility index (Phi) is 6.55. The van der Waals surface area contributed by atoms with Crippen molar-refractivity contribution < 1.29 is 9.90 Å². The van der Waals surface area contributed by atoms with Crippen molar-refractivity contribution in [3.63, 3.8) is 0 Å². The molecule has 0 saturated carbocycles. The van der Waals surface area contributed by atoms with E-state index in [2.05, 4.69) is 11.0 Å². The van der Waals surface area contributed by atoms with Gasteiger partial charge in [0.1, 0.15) is 11.8 Å². The molecule has 1 fully saturated rings. The van der Waals surface area contributed by atoms with E-state index >= 15 is 0 Å². The Morgan fingerprint density at radius 3 is 2.53 bits per heavy atom. The number of rotatable bonds is 5. The summed E-state index contributed by atoms with van der Waals surface area (Å²) in [5, 5.41) is 19.8. The van der Waals surface area contributed by atoms with Crippen molar-refractivity contribution in [3.05, 3.63) is 93.5 Å². The number of nitriles is 1. The number of nitrogens with zero attached hydrogens (tertiary/aromatic N) is 3. The molecular weight excluding hydrogens is 445 g/mol.